The molecule has 0 unspecified atom stereocenters. The van der Waals surface area contributed by atoms with Crippen LogP contribution in [-0.2, 0) is 14.9 Å². The smallest absolute Gasteiger partial charge is 0.305 e. The molecule has 0 saturated carbocycles. The highest BCUT2D eigenvalue weighted by atomic mass is 16.5. The Hall–Kier alpha value is -2.13. The maximum atomic E-state index is 11.8. The van der Waals surface area contributed by atoms with Gasteiger partial charge in [0, 0.05) is 11.8 Å². The third-order valence-electron chi connectivity index (χ3n) is 4.52. The van der Waals surface area contributed by atoms with Crippen LogP contribution in [0.25, 0.3) is 11.1 Å². The number of carbonyl (C=O) groups is 1. The molecule has 0 spiro atoms. The number of aliphatic hydroxyl groups is 1. The molecule has 3 rings (SSSR count). The molecule has 0 aliphatic heterocycles. The fourth-order valence-electron chi connectivity index (χ4n) is 3.40. The van der Waals surface area contributed by atoms with E-state index < -0.39 is 0 Å². The molecule has 0 aromatic heterocycles. The average molecular weight is 296 g/mol. The molecule has 1 aliphatic carbocycles. The van der Waals surface area contributed by atoms with Gasteiger partial charge < -0.3 is 9.84 Å². The van der Waals surface area contributed by atoms with Crippen LogP contribution in [0.3, 0.4) is 0 Å². The van der Waals surface area contributed by atoms with Crippen LogP contribution >= 0.6 is 0 Å². The summed E-state index contributed by atoms with van der Waals surface area (Å²) in [6, 6.07) is 16.8. The molecule has 114 valence electrons. The van der Waals surface area contributed by atoms with Crippen molar-refractivity contribution < 1.29 is 14.6 Å². The molecule has 0 bridgehead atoms. The first-order chi connectivity index (χ1) is 10.7. The molecule has 1 aliphatic rings. The van der Waals surface area contributed by atoms with Crippen LogP contribution in [-0.4, -0.2) is 24.3 Å². The number of fused-ring (bicyclic) bond motifs is 3. The number of ether oxygens (including phenoxy) is 1. The highest BCUT2D eigenvalue weighted by molar-refractivity contribution is 5.81. The van der Waals surface area contributed by atoms with Gasteiger partial charge in [-0.3, -0.25) is 4.79 Å². The average Bonchev–Trinajstić information content (AvgIpc) is 2.82. The van der Waals surface area contributed by atoms with Gasteiger partial charge in [-0.25, -0.2) is 0 Å². The van der Waals surface area contributed by atoms with Crippen molar-refractivity contribution in [3.8, 4) is 11.1 Å². The summed E-state index contributed by atoms with van der Waals surface area (Å²) in [5.74, 6) is -0.253. The van der Waals surface area contributed by atoms with Crippen LogP contribution in [0.4, 0.5) is 0 Å². The lowest BCUT2D eigenvalue weighted by molar-refractivity contribution is -0.144. The summed E-state index contributed by atoms with van der Waals surface area (Å²) in [5.41, 5.74) is 4.87. The van der Waals surface area contributed by atoms with Gasteiger partial charge in [0.05, 0.1) is 6.61 Å². The standard InChI is InChI=1S/C19H20O3/c1-19(11-10-18(21)22-13-12-20)16-8-4-2-6-14(16)15-7-3-5-9-17(15)19/h2-9,20H,10-13H2,1H3. The van der Waals surface area contributed by atoms with E-state index in [-0.39, 0.29) is 24.6 Å². The quantitative estimate of drug-likeness (QED) is 0.861. The minimum atomic E-state index is -0.253. The number of hydrogen-bond acceptors (Lipinski definition) is 3. The van der Waals surface area contributed by atoms with Gasteiger partial charge in [0.25, 0.3) is 0 Å². The van der Waals surface area contributed by atoms with E-state index in [1.54, 1.807) is 0 Å². The lowest BCUT2D eigenvalue weighted by Gasteiger charge is -2.27. The minimum Gasteiger partial charge on any atom is -0.463 e. The summed E-state index contributed by atoms with van der Waals surface area (Å²) in [7, 11) is 0. The molecule has 22 heavy (non-hydrogen) atoms. The summed E-state index contributed by atoms with van der Waals surface area (Å²) in [6.07, 6.45) is 1.05. The van der Waals surface area contributed by atoms with E-state index in [9.17, 15) is 4.79 Å². The predicted octanol–water partition coefficient (Wildman–Crippen LogP) is 3.29. The Labute approximate surface area is 130 Å². The van der Waals surface area contributed by atoms with Crippen molar-refractivity contribution in [1.82, 2.24) is 0 Å². The van der Waals surface area contributed by atoms with Gasteiger partial charge >= 0.3 is 5.97 Å². The Bertz CT molecular complexity index is 645. The van der Waals surface area contributed by atoms with E-state index in [1.807, 2.05) is 12.1 Å². The molecule has 1 N–H and O–H groups in total. The lowest BCUT2D eigenvalue weighted by Crippen LogP contribution is -2.22. The van der Waals surface area contributed by atoms with Gasteiger partial charge in [0.1, 0.15) is 6.61 Å². The third kappa shape index (κ3) is 2.42. The zero-order valence-electron chi connectivity index (χ0n) is 12.7. The maximum Gasteiger partial charge on any atom is 0.305 e. The molecule has 0 saturated heterocycles. The first-order valence-corrected chi connectivity index (χ1v) is 7.62. The van der Waals surface area contributed by atoms with Crippen molar-refractivity contribution in [1.29, 1.82) is 0 Å². The van der Waals surface area contributed by atoms with Crippen molar-refractivity contribution in [3.63, 3.8) is 0 Å². The Morgan fingerprint density at radius 2 is 1.59 bits per heavy atom. The van der Waals surface area contributed by atoms with Gasteiger partial charge in [0.2, 0.25) is 0 Å². The molecule has 2 aromatic carbocycles. The topological polar surface area (TPSA) is 46.5 Å². The Kier molecular flexibility index (Phi) is 3.99. The van der Waals surface area contributed by atoms with Crippen LogP contribution in [0, 0.1) is 0 Å². The molecule has 0 amide bonds. The second kappa shape index (κ2) is 5.93. The number of benzene rings is 2. The number of carbonyl (C=O) groups excluding carboxylic acids is 1. The third-order valence-corrected chi connectivity index (χ3v) is 4.52. The van der Waals surface area contributed by atoms with E-state index in [0.29, 0.717) is 12.8 Å². The lowest BCUT2D eigenvalue weighted by atomic mass is 9.76. The van der Waals surface area contributed by atoms with E-state index in [2.05, 4.69) is 43.3 Å². The zero-order valence-corrected chi connectivity index (χ0v) is 12.7. The van der Waals surface area contributed by atoms with Gasteiger partial charge in [-0.2, -0.15) is 0 Å². The number of aliphatic hydroxyl groups excluding tert-OH is 1. The van der Waals surface area contributed by atoms with Crippen molar-refractivity contribution >= 4 is 5.97 Å². The summed E-state index contributed by atoms with van der Waals surface area (Å²) in [4.78, 5) is 11.8. The molecule has 0 atom stereocenters. The first-order valence-electron chi connectivity index (χ1n) is 7.62. The molecule has 0 radical (unpaired) electrons. The maximum absolute atomic E-state index is 11.8. The van der Waals surface area contributed by atoms with Crippen molar-refractivity contribution in [2.24, 2.45) is 0 Å². The van der Waals surface area contributed by atoms with Crippen molar-refractivity contribution in [2.45, 2.75) is 25.2 Å². The molecule has 3 heteroatoms. The monoisotopic (exact) mass is 296 g/mol. The number of rotatable bonds is 5. The van der Waals surface area contributed by atoms with Crippen LogP contribution in [0.15, 0.2) is 48.5 Å². The van der Waals surface area contributed by atoms with E-state index in [4.69, 9.17) is 9.84 Å². The molecule has 0 fully saturated rings. The van der Waals surface area contributed by atoms with Crippen molar-refractivity contribution in [3.05, 3.63) is 59.7 Å². The molecule has 0 heterocycles. The van der Waals surface area contributed by atoms with Crippen LogP contribution in [0.2, 0.25) is 0 Å². The highest BCUT2D eigenvalue weighted by Crippen LogP contribution is 2.50. The Morgan fingerprint density at radius 1 is 1.05 bits per heavy atom. The van der Waals surface area contributed by atoms with Gasteiger partial charge in [-0.1, -0.05) is 55.5 Å². The normalized spacial score (nSPS) is 14.3. The largest absolute Gasteiger partial charge is 0.463 e. The van der Waals surface area contributed by atoms with Crippen LogP contribution in [0.5, 0.6) is 0 Å². The summed E-state index contributed by atoms with van der Waals surface area (Å²) in [5, 5.41) is 8.73. The molecule has 2 aromatic rings. The number of hydrogen-bond donors (Lipinski definition) is 1. The number of esters is 1. The second-order valence-corrected chi connectivity index (χ2v) is 5.87. The Balaban J connectivity index is 1.90. The SMILES string of the molecule is CC1(CCC(=O)OCCO)c2ccccc2-c2ccccc21. The molecule has 3 nitrogen and oxygen atoms in total. The zero-order chi connectivity index (χ0) is 15.6. The molecular weight excluding hydrogens is 276 g/mol. The highest BCUT2D eigenvalue weighted by Gasteiger charge is 2.38. The summed E-state index contributed by atoms with van der Waals surface area (Å²) >= 11 is 0. The predicted molar refractivity (Wildman–Crippen MR) is 85.6 cm³/mol. The fourth-order valence-corrected chi connectivity index (χ4v) is 3.40. The van der Waals surface area contributed by atoms with Gasteiger partial charge in [-0.05, 0) is 28.7 Å². The van der Waals surface area contributed by atoms with Gasteiger partial charge in [0.15, 0.2) is 0 Å². The first kappa shape index (κ1) is 14.8. The second-order valence-electron chi connectivity index (χ2n) is 5.87. The minimum absolute atomic E-state index is 0.0721. The summed E-state index contributed by atoms with van der Waals surface area (Å²) in [6.45, 7) is 2.13. The summed E-state index contributed by atoms with van der Waals surface area (Å²) < 4.78 is 4.98. The van der Waals surface area contributed by atoms with E-state index in [0.717, 1.165) is 0 Å². The van der Waals surface area contributed by atoms with Gasteiger partial charge in [-0.15, -0.1) is 0 Å². The van der Waals surface area contributed by atoms with Crippen molar-refractivity contribution in [2.75, 3.05) is 13.2 Å². The molecular formula is C19H20O3. The Morgan fingerprint density at radius 3 is 2.14 bits per heavy atom. The van der Waals surface area contributed by atoms with Crippen LogP contribution in [0.1, 0.15) is 30.9 Å². The van der Waals surface area contributed by atoms with Crippen LogP contribution < -0.4 is 0 Å². The van der Waals surface area contributed by atoms with E-state index in [1.165, 1.54) is 22.3 Å². The fraction of sp³-hybridized carbons (Fsp3) is 0.316. The van der Waals surface area contributed by atoms with E-state index >= 15 is 0 Å².